The number of hydrogen-bond donors (Lipinski definition) is 3. The lowest BCUT2D eigenvalue weighted by Gasteiger charge is -2.31. The minimum Gasteiger partial charge on any atom is -0.340 e. The standard InChI is InChI=1S/C19H24FN5O/c20-11-7-8-14-15(10-11)22-18(21-14)16-6-3-9-25(16)19(26)17-12-4-1-2-5-13(12)23-24-17/h7-8,10,12-13,16-17,23-24H,1-6,9H2,(H,21,22). The zero-order valence-electron chi connectivity index (χ0n) is 14.7. The van der Waals surface area contributed by atoms with Gasteiger partial charge in [0.15, 0.2) is 0 Å². The van der Waals surface area contributed by atoms with Gasteiger partial charge in [-0.15, -0.1) is 0 Å². The van der Waals surface area contributed by atoms with Crippen LogP contribution in [0.1, 0.15) is 50.4 Å². The van der Waals surface area contributed by atoms with E-state index >= 15 is 0 Å². The van der Waals surface area contributed by atoms with Gasteiger partial charge in [0.2, 0.25) is 5.91 Å². The van der Waals surface area contributed by atoms with Crippen LogP contribution in [-0.2, 0) is 4.79 Å². The van der Waals surface area contributed by atoms with Crippen LogP contribution in [-0.4, -0.2) is 39.4 Å². The molecule has 6 nitrogen and oxygen atoms in total. The molecule has 0 bridgehead atoms. The van der Waals surface area contributed by atoms with E-state index < -0.39 is 0 Å². The molecule has 0 radical (unpaired) electrons. The second-order valence-corrected chi connectivity index (χ2v) is 7.79. The number of rotatable bonds is 2. The molecule has 2 saturated heterocycles. The lowest BCUT2D eigenvalue weighted by Crippen LogP contribution is -2.47. The van der Waals surface area contributed by atoms with Gasteiger partial charge in [-0.05, 0) is 43.9 Å². The molecule has 1 aromatic carbocycles. The van der Waals surface area contributed by atoms with Crippen molar-refractivity contribution in [3.8, 4) is 0 Å². The normalized spacial score (nSPS) is 31.5. The molecule has 4 unspecified atom stereocenters. The number of nitrogens with zero attached hydrogens (tertiary/aromatic N) is 2. The van der Waals surface area contributed by atoms with Crippen molar-refractivity contribution in [3.63, 3.8) is 0 Å². The van der Waals surface area contributed by atoms with E-state index in [2.05, 4.69) is 20.8 Å². The first-order valence-electron chi connectivity index (χ1n) is 9.67. The zero-order chi connectivity index (χ0) is 17.7. The number of carbonyl (C=O) groups is 1. The number of fused-ring (bicyclic) bond motifs is 2. The van der Waals surface area contributed by atoms with Gasteiger partial charge in [0.1, 0.15) is 17.7 Å². The van der Waals surface area contributed by atoms with Crippen LogP contribution in [0.4, 0.5) is 4.39 Å². The first-order chi connectivity index (χ1) is 12.7. The fraction of sp³-hybridized carbons (Fsp3) is 0.579. The molecule has 2 aromatic rings. The van der Waals surface area contributed by atoms with Crippen LogP contribution in [0.3, 0.4) is 0 Å². The van der Waals surface area contributed by atoms with E-state index in [1.807, 2.05) is 4.90 Å². The number of hydrogen-bond acceptors (Lipinski definition) is 4. The third-order valence-electron chi connectivity index (χ3n) is 6.25. The van der Waals surface area contributed by atoms with E-state index in [1.165, 1.54) is 25.0 Å². The maximum absolute atomic E-state index is 13.5. The minimum absolute atomic E-state index is 0.0533. The second-order valence-electron chi connectivity index (χ2n) is 7.79. The number of halogens is 1. The van der Waals surface area contributed by atoms with Crippen molar-refractivity contribution in [1.29, 1.82) is 0 Å². The summed E-state index contributed by atoms with van der Waals surface area (Å²) in [7, 11) is 0. The molecule has 3 aliphatic rings. The van der Waals surface area contributed by atoms with Gasteiger partial charge in [0.25, 0.3) is 0 Å². The van der Waals surface area contributed by atoms with Crippen molar-refractivity contribution < 1.29 is 9.18 Å². The van der Waals surface area contributed by atoms with E-state index in [4.69, 9.17) is 0 Å². The lowest BCUT2D eigenvalue weighted by molar-refractivity contribution is -0.135. The third kappa shape index (κ3) is 2.61. The smallest absolute Gasteiger partial charge is 0.242 e. The summed E-state index contributed by atoms with van der Waals surface area (Å²) in [4.78, 5) is 23.1. The number of nitrogens with one attached hydrogen (secondary N) is 3. The quantitative estimate of drug-likeness (QED) is 0.772. The van der Waals surface area contributed by atoms with Crippen molar-refractivity contribution in [2.24, 2.45) is 5.92 Å². The average molecular weight is 357 g/mol. The van der Waals surface area contributed by atoms with Gasteiger partial charge in [-0.1, -0.05) is 12.8 Å². The fourth-order valence-electron chi connectivity index (χ4n) is 4.94. The molecule has 138 valence electrons. The predicted molar refractivity (Wildman–Crippen MR) is 95.5 cm³/mol. The summed E-state index contributed by atoms with van der Waals surface area (Å²) >= 11 is 0. The molecule has 3 fully saturated rings. The summed E-state index contributed by atoms with van der Waals surface area (Å²) in [5.74, 6) is 1.03. The highest BCUT2D eigenvalue weighted by molar-refractivity contribution is 5.83. The maximum Gasteiger partial charge on any atom is 0.242 e. The Hall–Kier alpha value is -1.99. The first-order valence-corrected chi connectivity index (χ1v) is 9.67. The Labute approximate surface area is 151 Å². The number of benzene rings is 1. The number of likely N-dealkylation sites (tertiary alicyclic amines) is 1. The van der Waals surface area contributed by atoms with E-state index in [0.717, 1.165) is 43.6 Å². The number of H-pyrrole nitrogens is 1. The van der Waals surface area contributed by atoms with Crippen LogP contribution < -0.4 is 10.9 Å². The highest BCUT2D eigenvalue weighted by Crippen LogP contribution is 2.36. The van der Waals surface area contributed by atoms with Crippen molar-refractivity contribution in [2.75, 3.05) is 6.54 Å². The van der Waals surface area contributed by atoms with E-state index in [1.54, 1.807) is 6.07 Å². The Morgan fingerprint density at radius 3 is 2.96 bits per heavy atom. The number of carbonyl (C=O) groups excluding carboxylic acids is 1. The van der Waals surface area contributed by atoms with Gasteiger partial charge >= 0.3 is 0 Å². The number of aromatic nitrogens is 2. The van der Waals surface area contributed by atoms with Gasteiger partial charge in [-0.25, -0.2) is 14.8 Å². The molecule has 1 saturated carbocycles. The molecule has 0 spiro atoms. The Morgan fingerprint density at radius 2 is 2.04 bits per heavy atom. The molecule has 3 N–H and O–H groups in total. The topological polar surface area (TPSA) is 73.1 Å². The summed E-state index contributed by atoms with van der Waals surface area (Å²) in [6.45, 7) is 0.754. The van der Waals surface area contributed by atoms with Crippen LogP contribution in [0, 0.1) is 11.7 Å². The SMILES string of the molecule is O=C(C1NNC2CCCCC21)N1CCCC1c1nc2ccc(F)cc2[nH]1. The third-order valence-corrected chi connectivity index (χ3v) is 6.25. The Bertz CT molecular complexity index is 836. The maximum atomic E-state index is 13.5. The molecule has 1 amide bonds. The summed E-state index contributed by atoms with van der Waals surface area (Å²) in [5, 5.41) is 0. The molecular weight excluding hydrogens is 333 g/mol. The number of amides is 1. The lowest BCUT2D eigenvalue weighted by atomic mass is 9.81. The molecule has 2 aliphatic heterocycles. The Kier molecular flexibility index (Phi) is 3.94. The molecule has 5 rings (SSSR count). The minimum atomic E-state index is -0.281. The molecule has 1 aromatic heterocycles. The Balaban J connectivity index is 1.40. The van der Waals surface area contributed by atoms with Crippen LogP contribution >= 0.6 is 0 Å². The highest BCUT2D eigenvalue weighted by Gasteiger charge is 2.45. The van der Waals surface area contributed by atoms with E-state index in [-0.39, 0.29) is 23.8 Å². The first kappa shape index (κ1) is 16.2. The van der Waals surface area contributed by atoms with Crippen molar-refractivity contribution in [1.82, 2.24) is 25.7 Å². The van der Waals surface area contributed by atoms with E-state index in [0.29, 0.717) is 17.5 Å². The van der Waals surface area contributed by atoms with Gasteiger partial charge in [-0.2, -0.15) is 0 Å². The average Bonchev–Trinajstić information content (AvgIpc) is 3.37. The zero-order valence-corrected chi connectivity index (χ0v) is 14.7. The van der Waals surface area contributed by atoms with Gasteiger partial charge < -0.3 is 9.88 Å². The second kappa shape index (κ2) is 6.32. The van der Waals surface area contributed by atoms with Crippen LogP contribution in [0.5, 0.6) is 0 Å². The molecule has 26 heavy (non-hydrogen) atoms. The molecule has 7 heteroatoms. The predicted octanol–water partition coefficient (Wildman–Crippen LogP) is 2.40. The monoisotopic (exact) mass is 357 g/mol. The molecule has 1 aliphatic carbocycles. The van der Waals surface area contributed by atoms with Gasteiger partial charge in [-0.3, -0.25) is 10.2 Å². The van der Waals surface area contributed by atoms with Crippen molar-refractivity contribution >= 4 is 16.9 Å². The van der Waals surface area contributed by atoms with E-state index in [9.17, 15) is 9.18 Å². The van der Waals surface area contributed by atoms with Gasteiger partial charge in [0.05, 0.1) is 17.1 Å². The number of hydrazine groups is 1. The molecule has 4 atom stereocenters. The molecular formula is C19H24FN5O. The van der Waals surface area contributed by atoms with Gasteiger partial charge in [0, 0.05) is 18.5 Å². The molecule has 3 heterocycles. The summed E-state index contributed by atoms with van der Waals surface area (Å²) in [6, 6.07) is 4.77. The number of aromatic amines is 1. The van der Waals surface area contributed by atoms with Crippen LogP contribution in [0.25, 0.3) is 11.0 Å². The number of imidazole rings is 1. The Morgan fingerprint density at radius 1 is 1.15 bits per heavy atom. The van der Waals surface area contributed by atoms with Crippen molar-refractivity contribution in [2.45, 2.75) is 56.7 Å². The highest BCUT2D eigenvalue weighted by atomic mass is 19.1. The fourth-order valence-corrected chi connectivity index (χ4v) is 4.94. The van der Waals surface area contributed by atoms with Crippen LogP contribution in [0.2, 0.25) is 0 Å². The summed E-state index contributed by atoms with van der Waals surface area (Å²) in [6.07, 6.45) is 6.54. The van der Waals surface area contributed by atoms with Crippen LogP contribution in [0.15, 0.2) is 18.2 Å². The summed E-state index contributed by atoms with van der Waals surface area (Å²) in [5.41, 5.74) is 8.02. The largest absolute Gasteiger partial charge is 0.340 e. The van der Waals surface area contributed by atoms with Crippen molar-refractivity contribution in [3.05, 3.63) is 29.8 Å². The summed E-state index contributed by atoms with van der Waals surface area (Å²) < 4.78 is 13.5.